The molecule has 2 heterocycles. The van der Waals surface area contributed by atoms with E-state index in [2.05, 4.69) is 4.99 Å². The molecule has 70 valence electrons. The Morgan fingerprint density at radius 2 is 2.46 bits per heavy atom. The lowest BCUT2D eigenvalue weighted by Gasteiger charge is -2.35. The molecule has 4 heteroatoms. The summed E-state index contributed by atoms with van der Waals surface area (Å²) in [6, 6.07) is -0.283. The normalized spacial score (nSPS) is 32.9. The number of likely N-dealkylation sites (tertiary alicyclic amines) is 1. The second-order valence-corrected chi connectivity index (χ2v) is 3.45. The Kier molecular flexibility index (Phi) is 1.92. The number of carbonyl (C=O) groups is 1. The molecule has 1 saturated heterocycles. The quantitative estimate of drug-likeness (QED) is 0.564. The number of nitrogens with two attached hydrogens (primary N) is 1. The molecule has 1 fully saturated rings. The summed E-state index contributed by atoms with van der Waals surface area (Å²) in [7, 11) is 1.76. The van der Waals surface area contributed by atoms with Crippen molar-refractivity contribution in [2.75, 3.05) is 7.05 Å². The standard InChI is InChI=1S/C9H13N3O/c1-12-8-3-2-4-11-7(8)5-6(10)9(12)13/h3-4,6-7H,2,5,10H2,1H3. The molecule has 0 radical (unpaired) electrons. The van der Waals surface area contributed by atoms with E-state index in [1.165, 1.54) is 0 Å². The Hall–Kier alpha value is -1.16. The van der Waals surface area contributed by atoms with Crippen LogP contribution < -0.4 is 5.73 Å². The van der Waals surface area contributed by atoms with Crippen LogP contribution in [0.25, 0.3) is 0 Å². The first-order chi connectivity index (χ1) is 6.20. The van der Waals surface area contributed by atoms with Crippen molar-refractivity contribution in [2.45, 2.75) is 24.9 Å². The number of dihydropyridines is 1. The average molecular weight is 179 g/mol. The summed E-state index contributed by atoms with van der Waals surface area (Å²) >= 11 is 0. The van der Waals surface area contributed by atoms with E-state index in [-0.39, 0.29) is 18.0 Å². The topological polar surface area (TPSA) is 58.7 Å². The first kappa shape index (κ1) is 8.44. The van der Waals surface area contributed by atoms with Gasteiger partial charge in [-0.3, -0.25) is 9.79 Å². The van der Waals surface area contributed by atoms with Gasteiger partial charge in [-0.1, -0.05) is 6.08 Å². The molecule has 0 aromatic rings. The largest absolute Gasteiger partial charge is 0.320 e. The predicted octanol–water partition coefficient (Wildman–Crippen LogP) is -0.0972. The first-order valence-corrected chi connectivity index (χ1v) is 4.45. The number of aliphatic imine (C=N–C) groups is 1. The number of nitrogens with zero attached hydrogens (tertiary/aromatic N) is 2. The van der Waals surface area contributed by atoms with Crippen molar-refractivity contribution >= 4 is 12.1 Å². The summed E-state index contributed by atoms with van der Waals surface area (Å²) in [6.45, 7) is 0. The maximum Gasteiger partial charge on any atom is 0.243 e. The van der Waals surface area contributed by atoms with Gasteiger partial charge in [0.15, 0.2) is 0 Å². The highest BCUT2D eigenvalue weighted by Crippen LogP contribution is 2.25. The molecule has 0 spiro atoms. The maximum atomic E-state index is 11.5. The molecule has 1 amide bonds. The van der Waals surface area contributed by atoms with Crippen LogP contribution in [0.2, 0.25) is 0 Å². The van der Waals surface area contributed by atoms with E-state index < -0.39 is 0 Å². The molecular weight excluding hydrogens is 166 g/mol. The number of rotatable bonds is 0. The third kappa shape index (κ3) is 1.27. The highest BCUT2D eigenvalue weighted by molar-refractivity contribution is 5.85. The molecule has 2 aliphatic rings. The van der Waals surface area contributed by atoms with Crippen molar-refractivity contribution in [3.8, 4) is 0 Å². The average Bonchev–Trinajstić information content (AvgIpc) is 2.15. The van der Waals surface area contributed by atoms with E-state index in [9.17, 15) is 4.79 Å². The summed E-state index contributed by atoms with van der Waals surface area (Å²) in [5.74, 6) is -0.000370. The van der Waals surface area contributed by atoms with E-state index in [1.807, 2.05) is 12.3 Å². The monoisotopic (exact) mass is 179 g/mol. The van der Waals surface area contributed by atoms with E-state index in [4.69, 9.17) is 5.73 Å². The Morgan fingerprint density at radius 1 is 1.69 bits per heavy atom. The third-order valence-corrected chi connectivity index (χ3v) is 2.57. The Labute approximate surface area is 77.1 Å². The molecule has 2 atom stereocenters. The Morgan fingerprint density at radius 3 is 3.23 bits per heavy atom. The lowest BCUT2D eigenvalue weighted by atomic mass is 9.96. The van der Waals surface area contributed by atoms with E-state index in [1.54, 1.807) is 11.9 Å². The van der Waals surface area contributed by atoms with Crippen molar-refractivity contribution in [1.82, 2.24) is 4.90 Å². The van der Waals surface area contributed by atoms with Crippen LogP contribution >= 0.6 is 0 Å². The van der Waals surface area contributed by atoms with Crippen LogP contribution in [-0.4, -0.2) is 36.2 Å². The zero-order chi connectivity index (χ0) is 9.42. The van der Waals surface area contributed by atoms with Crippen LogP contribution in [0.5, 0.6) is 0 Å². The number of piperidine rings is 1. The highest BCUT2D eigenvalue weighted by Gasteiger charge is 2.34. The molecule has 2 rings (SSSR count). The summed E-state index contributed by atoms with van der Waals surface area (Å²) in [5.41, 5.74) is 6.69. The molecule has 0 aromatic carbocycles. The van der Waals surface area contributed by atoms with Crippen LogP contribution in [0, 0.1) is 0 Å². The van der Waals surface area contributed by atoms with E-state index in [0.29, 0.717) is 6.42 Å². The SMILES string of the molecule is CN1C(=O)C(N)CC2N=CCC=C21. The van der Waals surface area contributed by atoms with Gasteiger partial charge in [0.2, 0.25) is 5.91 Å². The number of allylic oxidation sites excluding steroid dienone is 1. The minimum absolute atomic E-state index is 0.000370. The summed E-state index contributed by atoms with van der Waals surface area (Å²) in [4.78, 5) is 17.4. The van der Waals surface area contributed by atoms with Gasteiger partial charge in [-0.15, -0.1) is 0 Å². The minimum atomic E-state index is -0.387. The van der Waals surface area contributed by atoms with Gasteiger partial charge in [-0.2, -0.15) is 0 Å². The van der Waals surface area contributed by atoms with Crippen LogP contribution in [0.4, 0.5) is 0 Å². The first-order valence-electron chi connectivity index (χ1n) is 4.45. The van der Waals surface area contributed by atoms with Crippen LogP contribution in [0.1, 0.15) is 12.8 Å². The van der Waals surface area contributed by atoms with Crippen molar-refractivity contribution < 1.29 is 4.79 Å². The van der Waals surface area contributed by atoms with Gasteiger partial charge >= 0.3 is 0 Å². The molecule has 2 N–H and O–H groups in total. The fourth-order valence-corrected chi connectivity index (χ4v) is 1.83. The van der Waals surface area contributed by atoms with Crippen LogP contribution in [0.3, 0.4) is 0 Å². The van der Waals surface area contributed by atoms with Crippen LogP contribution in [0.15, 0.2) is 16.8 Å². The minimum Gasteiger partial charge on any atom is -0.320 e. The van der Waals surface area contributed by atoms with Crippen molar-refractivity contribution in [2.24, 2.45) is 10.7 Å². The summed E-state index contributed by atoms with van der Waals surface area (Å²) in [6.07, 6.45) is 5.39. The molecule has 2 aliphatic heterocycles. The van der Waals surface area contributed by atoms with Gasteiger partial charge < -0.3 is 10.6 Å². The Balaban J connectivity index is 2.28. The third-order valence-electron chi connectivity index (χ3n) is 2.57. The lowest BCUT2D eigenvalue weighted by Crippen LogP contribution is -2.50. The number of hydrogen-bond acceptors (Lipinski definition) is 3. The lowest BCUT2D eigenvalue weighted by molar-refractivity contribution is -0.131. The molecule has 0 bridgehead atoms. The summed E-state index contributed by atoms with van der Waals surface area (Å²) in [5, 5.41) is 0. The van der Waals surface area contributed by atoms with E-state index >= 15 is 0 Å². The summed E-state index contributed by atoms with van der Waals surface area (Å²) < 4.78 is 0. The fraction of sp³-hybridized carbons (Fsp3) is 0.556. The van der Waals surface area contributed by atoms with Gasteiger partial charge in [0, 0.05) is 25.4 Å². The number of amides is 1. The number of likely N-dealkylation sites (N-methyl/N-ethyl adjacent to an activating group) is 1. The maximum absolute atomic E-state index is 11.5. The highest BCUT2D eigenvalue weighted by atomic mass is 16.2. The molecule has 0 aromatic heterocycles. The fourth-order valence-electron chi connectivity index (χ4n) is 1.83. The zero-order valence-electron chi connectivity index (χ0n) is 7.60. The van der Waals surface area contributed by atoms with Gasteiger partial charge in [-0.05, 0) is 6.42 Å². The van der Waals surface area contributed by atoms with Gasteiger partial charge in [0.25, 0.3) is 0 Å². The van der Waals surface area contributed by atoms with Crippen molar-refractivity contribution in [3.05, 3.63) is 11.8 Å². The van der Waals surface area contributed by atoms with Crippen molar-refractivity contribution in [3.63, 3.8) is 0 Å². The molecule has 13 heavy (non-hydrogen) atoms. The second kappa shape index (κ2) is 2.96. The number of carbonyl (C=O) groups excluding carboxylic acids is 1. The smallest absolute Gasteiger partial charge is 0.243 e. The van der Waals surface area contributed by atoms with Crippen LogP contribution in [-0.2, 0) is 4.79 Å². The van der Waals surface area contributed by atoms with E-state index in [0.717, 1.165) is 12.1 Å². The van der Waals surface area contributed by atoms with Gasteiger partial charge in [0.1, 0.15) is 0 Å². The Bertz CT molecular complexity index is 291. The predicted molar refractivity (Wildman–Crippen MR) is 50.3 cm³/mol. The zero-order valence-corrected chi connectivity index (χ0v) is 7.60. The number of fused-ring (bicyclic) bond motifs is 1. The molecule has 2 unspecified atom stereocenters. The molecular formula is C9H13N3O. The van der Waals surface area contributed by atoms with Gasteiger partial charge in [-0.25, -0.2) is 0 Å². The molecule has 0 saturated carbocycles. The molecule has 0 aliphatic carbocycles. The van der Waals surface area contributed by atoms with Gasteiger partial charge in [0.05, 0.1) is 12.1 Å². The van der Waals surface area contributed by atoms with Crippen molar-refractivity contribution in [1.29, 1.82) is 0 Å². The second-order valence-electron chi connectivity index (χ2n) is 3.45. The number of hydrogen-bond donors (Lipinski definition) is 1. The molecule has 4 nitrogen and oxygen atoms in total.